The topological polar surface area (TPSA) is 0 Å². The van der Waals surface area contributed by atoms with E-state index in [0.29, 0.717) is 5.25 Å². The van der Waals surface area contributed by atoms with Crippen LogP contribution < -0.4 is 0 Å². The van der Waals surface area contributed by atoms with Crippen molar-refractivity contribution in [2.45, 2.75) is 30.9 Å². The molecule has 0 spiro atoms. The van der Waals surface area contributed by atoms with Crippen molar-refractivity contribution in [3.8, 4) is 0 Å². The van der Waals surface area contributed by atoms with Gasteiger partial charge >= 0.3 is 0 Å². The van der Waals surface area contributed by atoms with Gasteiger partial charge in [-0.25, -0.2) is 0 Å². The molecular formula is C11H14S. The number of thiol groups is 1. The third-order valence-electron chi connectivity index (χ3n) is 2.59. The average Bonchev–Trinajstić information content (AvgIpc) is 2.29. The molecule has 0 saturated heterocycles. The summed E-state index contributed by atoms with van der Waals surface area (Å²) < 4.78 is 0. The Balaban J connectivity index is 2.39. The molecule has 0 radical (unpaired) electrons. The van der Waals surface area contributed by atoms with Crippen LogP contribution in [0.4, 0.5) is 0 Å². The first-order valence-corrected chi connectivity index (χ1v) is 5.15. The minimum Gasteiger partial charge on any atom is -0.171 e. The second-order valence-electron chi connectivity index (χ2n) is 3.46. The molecule has 0 nitrogen and oxygen atoms in total. The number of rotatable bonds is 0. The van der Waals surface area contributed by atoms with E-state index in [1.54, 1.807) is 0 Å². The molecule has 0 aliphatic heterocycles. The van der Waals surface area contributed by atoms with E-state index in [-0.39, 0.29) is 0 Å². The molecule has 0 bridgehead atoms. The minimum atomic E-state index is 0.476. The van der Waals surface area contributed by atoms with Gasteiger partial charge in [0.2, 0.25) is 0 Å². The molecule has 2 rings (SSSR count). The third-order valence-corrected chi connectivity index (χ3v) is 3.12. The molecule has 0 saturated carbocycles. The first-order valence-electron chi connectivity index (χ1n) is 4.64. The van der Waals surface area contributed by atoms with Gasteiger partial charge in [-0.2, -0.15) is 12.6 Å². The Hall–Kier alpha value is -0.430. The number of hydrogen-bond donors (Lipinski definition) is 1. The lowest BCUT2D eigenvalue weighted by molar-refractivity contribution is 0.706. The van der Waals surface area contributed by atoms with Gasteiger partial charge in [-0.15, -0.1) is 0 Å². The molecule has 1 aromatic rings. The number of aryl methyl sites for hydroxylation is 1. The van der Waals surface area contributed by atoms with Gasteiger partial charge in [-0.3, -0.25) is 0 Å². The average molecular weight is 178 g/mol. The summed E-state index contributed by atoms with van der Waals surface area (Å²) in [7, 11) is 0. The zero-order valence-corrected chi connectivity index (χ0v) is 8.06. The van der Waals surface area contributed by atoms with E-state index in [0.717, 1.165) is 0 Å². The molecule has 0 aromatic heterocycles. The molecule has 0 amide bonds. The van der Waals surface area contributed by atoms with Crippen LogP contribution in [0, 0.1) is 0 Å². The second kappa shape index (κ2) is 3.53. The lowest BCUT2D eigenvalue weighted by Crippen LogP contribution is -1.92. The zero-order chi connectivity index (χ0) is 8.39. The maximum absolute atomic E-state index is 4.61. The summed E-state index contributed by atoms with van der Waals surface area (Å²) in [5.41, 5.74) is 2.97. The molecule has 1 aliphatic rings. The van der Waals surface area contributed by atoms with Crippen molar-refractivity contribution in [2.75, 3.05) is 0 Å². The molecule has 64 valence electrons. The molecule has 0 unspecified atom stereocenters. The fourth-order valence-corrected chi connectivity index (χ4v) is 2.33. The van der Waals surface area contributed by atoms with E-state index >= 15 is 0 Å². The summed E-state index contributed by atoms with van der Waals surface area (Å²) in [5, 5.41) is 0.476. The van der Waals surface area contributed by atoms with E-state index in [1.165, 1.54) is 36.8 Å². The fourth-order valence-electron chi connectivity index (χ4n) is 1.90. The molecular weight excluding hydrogens is 164 g/mol. The quantitative estimate of drug-likeness (QED) is 0.457. The number of hydrogen-bond acceptors (Lipinski definition) is 1. The van der Waals surface area contributed by atoms with Crippen LogP contribution in [0.15, 0.2) is 24.3 Å². The number of benzene rings is 1. The second-order valence-corrected chi connectivity index (χ2v) is 4.08. The van der Waals surface area contributed by atoms with Gasteiger partial charge in [0.05, 0.1) is 0 Å². The zero-order valence-electron chi connectivity index (χ0n) is 7.16. The van der Waals surface area contributed by atoms with Crippen LogP contribution >= 0.6 is 12.6 Å². The summed E-state index contributed by atoms with van der Waals surface area (Å²) in [6.45, 7) is 0. The Morgan fingerprint density at radius 2 is 2.00 bits per heavy atom. The van der Waals surface area contributed by atoms with Crippen molar-refractivity contribution in [2.24, 2.45) is 0 Å². The molecule has 1 heteroatoms. The molecule has 0 N–H and O–H groups in total. The van der Waals surface area contributed by atoms with Crippen molar-refractivity contribution in [3.63, 3.8) is 0 Å². The normalized spacial score (nSPS) is 22.9. The molecule has 1 aromatic carbocycles. The predicted octanol–water partition coefficient (Wildman–Crippen LogP) is 3.38. The Morgan fingerprint density at radius 3 is 2.92 bits per heavy atom. The minimum absolute atomic E-state index is 0.476. The standard InChI is InChI=1S/C11H14S/c12-11-8-4-2-6-9-5-1-3-7-10(9)11/h1,3,5,7,11-12H,2,4,6,8H2/t11-/m1/s1. The highest BCUT2D eigenvalue weighted by Gasteiger charge is 2.13. The van der Waals surface area contributed by atoms with Crippen molar-refractivity contribution < 1.29 is 0 Å². The van der Waals surface area contributed by atoms with E-state index in [9.17, 15) is 0 Å². The highest BCUT2D eigenvalue weighted by molar-refractivity contribution is 7.80. The molecule has 0 heterocycles. The summed E-state index contributed by atoms with van der Waals surface area (Å²) in [6.07, 6.45) is 5.13. The summed E-state index contributed by atoms with van der Waals surface area (Å²) in [5.74, 6) is 0. The fraction of sp³-hybridized carbons (Fsp3) is 0.455. The Bertz CT molecular complexity index is 267. The van der Waals surface area contributed by atoms with Crippen LogP contribution in [0.1, 0.15) is 35.6 Å². The van der Waals surface area contributed by atoms with Crippen LogP contribution in [0.5, 0.6) is 0 Å². The Kier molecular flexibility index (Phi) is 2.40. The van der Waals surface area contributed by atoms with Gasteiger partial charge in [-0.05, 0) is 30.4 Å². The molecule has 1 aliphatic carbocycles. The molecule has 1 atom stereocenters. The van der Waals surface area contributed by atoms with Crippen LogP contribution in [0.25, 0.3) is 0 Å². The van der Waals surface area contributed by atoms with E-state index < -0.39 is 0 Å². The SMILES string of the molecule is S[C@@H]1CCCCc2ccccc21. The molecule has 12 heavy (non-hydrogen) atoms. The van der Waals surface area contributed by atoms with Crippen molar-refractivity contribution in [3.05, 3.63) is 35.4 Å². The first-order chi connectivity index (χ1) is 5.88. The van der Waals surface area contributed by atoms with Crippen molar-refractivity contribution in [1.29, 1.82) is 0 Å². The van der Waals surface area contributed by atoms with Crippen LogP contribution in [0.3, 0.4) is 0 Å². The Morgan fingerprint density at radius 1 is 1.17 bits per heavy atom. The van der Waals surface area contributed by atoms with E-state index in [1.807, 2.05) is 0 Å². The number of fused-ring (bicyclic) bond motifs is 1. The summed E-state index contributed by atoms with van der Waals surface area (Å²) >= 11 is 4.61. The largest absolute Gasteiger partial charge is 0.171 e. The van der Waals surface area contributed by atoms with Gasteiger partial charge < -0.3 is 0 Å². The van der Waals surface area contributed by atoms with E-state index in [2.05, 4.69) is 36.9 Å². The lowest BCUT2D eigenvalue weighted by atomic mass is 10.0. The van der Waals surface area contributed by atoms with Gasteiger partial charge in [0.25, 0.3) is 0 Å². The van der Waals surface area contributed by atoms with E-state index in [4.69, 9.17) is 0 Å². The highest BCUT2D eigenvalue weighted by Crippen LogP contribution is 2.32. The summed E-state index contributed by atoms with van der Waals surface area (Å²) in [6, 6.07) is 8.71. The summed E-state index contributed by atoms with van der Waals surface area (Å²) in [4.78, 5) is 0. The maximum Gasteiger partial charge on any atom is 0.0269 e. The smallest absolute Gasteiger partial charge is 0.0269 e. The van der Waals surface area contributed by atoms with Crippen LogP contribution in [-0.4, -0.2) is 0 Å². The lowest BCUT2D eigenvalue weighted by Gasteiger charge is -2.10. The van der Waals surface area contributed by atoms with Gasteiger partial charge in [0, 0.05) is 5.25 Å². The van der Waals surface area contributed by atoms with Gasteiger partial charge in [-0.1, -0.05) is 30.7 Å². The van der Waals surface area contributed by atoms with Crippen molar-refractivity contribution >= 4 is 12.6 Å². The monoisotopic (exact) mass is 178 g/mol. The molecule has 0 fully saturated rings. The first kappa shape index (κ1) is 8.18. The van der Waals surface area contributed by atoms with Crippen LogP contribution in [0.2, 0.25) is 0 Å². The maximum atomic E-state index is 4.61. The van der Waals surface area contributed by atoms with Crippen LogP contribution in [-0.2, 0) is 6.42 Å². The van der Waals surface area contributed by atoms with Gasteiger partial charge in [0.1, 0.15) is 0 Å². The predicted molar refractivity (Wildman–Crippen MR) is 55.7 cm³/mol. The van der Waals surface area contributed by atoms with Gasteiger partial charge in [0.15, 0.2) is 0 Å². The third kappa shape index (κ3) is 1.51. The van der Waals surface area contributed by atoms with Crippen molar-refractivity contribution in [1.82, 2.24) is 0 Å². The highest BCUT2D eigenvalue weighted by atomic mass is 32.1. The Labute approximate surface area is 79.4 Å².